The number of allylic oxidation sites excluding steroid dienone is 1. The summed E-state index contributed by atoms with van der Waals surface area (Å²) in [6.07, 6.45) is 4.47. The molecule has 7 nitrogen and oxygen atoms in total. The van der Waals surface area contributed by atoms with Gasteiger partial charge in [-0.15, -0.1) is 28.1 Å². The third-order valence-electron chi connectivity index (χ3n) is 4.72. The second-order valence-electron chi connectivity index (χ2n) is 6.97. The third kappa shape index (κ3) is 5.37. The zero-order valence-corrected chi connectivity index (χ0v) is 20.6. The van der Waals surface area contributed by atoms with Crippen molar-refractivity contribution in [1.82, 2.24) is 24.3 Å². The molecule has 0 fully saturated rings. The number of thiazole rings is 1. The van der Waals surface area contributed by atoms with Gasteiger partial charge in [0.05, 0.1) is 11.4 Å². The average molecular weight is 529 g/mol. The van der Waals surface area contributed by atoms with Crippen LogP contribution in [-0.2, 0) is 24.8 Å². The van der Waals surface area contributed by atoms with Gasteiger partial charge in [-0.2, -0.15) is 0 Å². The first-order valence-corrected chi connectivity index (χ1v) is 12.5. The Hall–Kier alpha value is -2.69. The summed E-state index contributed by atoms with van der Waals surface area (Å²) in [5.74, 6) is 0.921. The van der Waals surface area contributed by atoms with E-state index in [9.17, 15) is 4.79 Å². The van der Waals surface area contributed by atoms with Gasteiger partial charge in [0.25, 0.3) is 0 Å². The van der Waals surface area contributed by atoms with Crippen LogP contribution in [0.5, 0.6) is 0 Å². The van der Waals surface area contributed by atoms with Crippen molar-refractivity contribution in [2.75, 3.05) is 11.1 Å². The number of halogens is 1. The van der Waals surface area contributed by atoms with Crippen molar-refractivity contribution in [3.05, 3.63) is 76.6 Å². The van der Waals surface area contributed by atoms with Gasteiger partial charge in [-0.25, -0.2) is 4.98 Å². The fraction of sp³-hybridized carbons (Fsp3) is 0.182. The van der Waals surface area contributed by atoms with Gasteiger partial charge in [0, 0.05) is 47.3 Å². The van der Waals surface area contributed by atoms with Crippen LogP contribution in [0.1, 0.15) is 11.5 Å². The van der Waals surface area contributed by atoms with Gasteiger partial charge in [0.2, 0.25) is 5.91 Å². The summed E-state index contributed by atoms with van der Waals surface area (Å²) in [4.78, 5) is 17.0. The molecule has 1 amide bonds. The highest BCUT2D eigenvalue weighted by Crippen LogP contribution is 2.26. The molecule has 0 saturated heterocycles. The monoisotopic (exact) mass is 528 g/mol. The topological polar surface area (TPSA) is 77.6 Å². The summed E-state index contributed by atoms with van der Waals surface area (Å²) >= 11 is 6.19. The molecule has 1 aromatic carbocycles. The van der Waals surface area contributed by atoms with Crippen LogP contribution in [0.15, 0.2) is 70.3 Å². The SMILES string of the molecule is C=CCn1c(Cc2cccn2C)nnc1SCC(=O)Nc1nc(-c2ccc(Br)cc2)cs1. The minimum Gasteiger partial charge on any atom is -0.354 e. The molecule has 0 atom stereocenters. The lowest BCUT2D eigenvalue weighted by molar-refractivity contribution is -0.113. The summed E-state index contributed by atoms with van der Waals surface area (Å²) in [6, 6.07) is 12.0. The molecule has 0 radical (unpaired) electrons. The number of benzene rings is 1. The molecular formula is C22H21BrN6OS2. The van der Waals surface area contributed by atoms with Gasteiger partial charge < -0.3 is 14.5 Å². The molecule has 4 rings (SSSR count). The first-order valence-electron chi connectivity index (χ1n) is 9.81. The van der Waals surface area contributed by atoms with Crippen LogP contribution < -0.4 is 5.32 Å². The summed E-state index contributed by atoms with van der Waals surface area (Å²) < 4.78 is 5.06. The van der Waals surface area contributed by atoms with Crippen LogP contribution in [0.2, 0.25) is 0 Å². The largest absolute Gasteiger partial charge is 0.354 e. The minimum atomic E-state index is -0.135. The first-order chi connectivity index (χ1) is 15.5. The average Bonchev–Trinajstić information content (AvgIpc) is 3.50. The minimum absolute atomic E-state index is 0.135. The quantitative estimate of drug-likeness (QED) is 0.244. The van der Waals surface area contributed by atoms with Gasteiger partial charge in [0.1, 0.15) is 5.82 Å². The highest BCUT2D eigenvalue weighted by Gasteiger charge is 2.15. The zero-order valence-electron chi connectivity index (χ0n) is 17.4. The van der Waals surface area contributed by atoms with Gasteiger partial charge >= 0.3 is 0 Å². The predicted octanol–water partition coefficient (Wildman–Crippen LogP) is 5.01. The van der Waals surface area contributed by atoms with Gasteiger partial charge in [-0.3, -0.25) is 4.79 Å². The predicted molar refractivity (Wildman–Crippen MR) is 133 cm³/mol. The van der Waals surface area contributed by atoms with Gasteiger partial charge in [-0.05, 0) is 24.3 Å². The highest BCUT2D eigenvalue weighted by atomic mass is 79.9. The molecule has 0 spiro atoms. The lowest BCUT2D eigenvalue weighted by Gasteiger charge is -2.08. The Labute approximate surface area is 202 Å². The van der Waals surface area contributed by atoms with Crippen molar-refractivity contribution in [1.29, 1.82) is 0 Å². The number of amides is 1. The molecule has 0 aliphatic rings. The summed E-state index contributed by atoms with van der Waals surface area (Å²) in [6.45, 7) is 4.42. The maximum absolute atomic E-state index is 12.5. The number of nitrogens with one attached hydrogen (secondary N) is 1. The number of hydrogen-bond donors (Lipinski definition) is 1. The molecule has 3 heterocycles. The number of rotatable bonds is 9. The number of carbonyl (C=O) groups is 1. The van der Waals surface area contributed by atoms with Crippen LogP contribution >= 0.6 is 39.0 Å². The molecular weight excluding hydrogens is 508 g/mol. The first kappa shape index (κ1) is 22.5. The molecule has 4 aromatic rings. The van der Waals surface area contributed by atoms with E-state index in [4.69, 9.17) is 0 Å². The number of aromatic nitrogens is 5. The summed E-state index contributed by atoms with van der Waals surface area (Å²) in [5.41, 5.74) is 2.98. The van der Waals surface area contributed by atoms with Crippen molar-refractivity contribution < 1.29 is 4.79 Å². The number of anilines is 1. The van der Waals surface area contributed by atoms with E-state index in [0.717, 1.165) is 27.2 Å². The molecule has 164 valence electrons. The molecule has 10 heteroatoms. The standard InChI is InChI=1S/C22H21BrN6OS2/c1-3-10-29-19(12-17-5-4-11-28(17)2)26-27-22(29)32-14-20(30)25-21-24-18(13-31-21)15-6-8-16(23)9-7-15/h3-9,11,13H,1,10,12,14H2,2H3,(H,24,25,30). The Bertz CT molecular complexity index is 1230. The molecule has 3 aromatic heterocycles. The third-order valence-corrected chi connectivity index (χ3v) is 6.97. The van der Waals surface area contributed by atoms with Crippen molar-refractivity contribution in [2.24, 2.45) is 7.05 Å². The second kappa shape index (κ2) is 10.3. The van der Waals surface area contributed by atoms with Crippen LogP contribution in [0.4, 0.5) is 5.13 Å². The number of thioether (sulfide) groups is 1. The Balaban J connectivity index is 1.38. The molecule has 1 N–H and O–H groups in total. The number of aryl methyl sites for hydroxylation is 1. The van der Waals surface area contributed by atoms with Crippen LogP contribution in [0.25, 0.3) is 11.3 Å². The second-order valence-corrected chi connectivity index (χ2v) is 9.68. The van der Waals surface area contributed by atoms with Crippen molar-refractivity contribution in [2.45, 2.75) is 18.1 Å². The number of nitrogens with zero attached hydrogens (tertiary/aromatic N) is 5. The Morgan fingerprint density at radius 3 is 2.81 bits per heavy atom. The molecule has 0 saturated carbocycles. The Morgan fingerprint density at radius 2 is 2.09 bits per heavy atom. The Kier molecular flexibility index (Phi) is 7.23. The lowest BCUT2D eigenvalue weighted by Crippen LogP contribution is -2.14. The molecule has 32 heavy (non-hydrogen) atoms. The van der Waals surface area contributed by atoms with E-state index in [1.165, 1.54) is 23.1 Å². The maximum atomic E-state index is 12.5. The Morgan fingerprint density at radius 1 is 1.28 bits per heavy atom. The van der Waals surface area contributed by atoms with E-state index in [1.807, 2.05) is 53.5 Å². The van der Waals surface area contributed by atoms with E-state index in [1.54, 1.807) is 6.08 Å². The zero-order chi connectivity index (χ0) is 22.5. The van der Waals surface area contributed by atoms with Gasteiger partial charge in [0.15, 0.2) is 10.3 Å². The smallest absolute Gasteiger partial charge is 0.236 e. The normalized spacial score (nSPS) is 10.9. The molecule has 0 aliphatic heterocycles. The number of carbonyl (C=O) groups excluding carboxylic acids is 1. The number of hydrogen-bond acceptors (Lipinski definition) is 6. The van der Waals surface area contributed by atoms with E-state index in [-0.39, 0.29) is 11.7 Å². The van der Waals surface area contributed by atoms with Crippen molar-refractivity contribution in [3.63, 3.8) is 0 Å². The highest BCUT2D eigenvalue weighted by molar-refractivity contribution is 9.10. The lowest BCUT2D eigenvalue weighted by atomic mass is 10.2. The van der Waals surface area contributed by atoms with E-state index in [2.05, 4.69) is 53.6 Å². The molecule has 0 bridgehead atoms. The van der Waals surface area contributed by atoms with E-state index < -0.39 is 0 Å². The van der Waals surface area contributed by atoms with E-state index >= 15 is 0 Å². The fourth-order valence-electron chi connectivity index (χ4n) is 3.08. The van der Waals surface area contributed by atoms with Crippen molar-refractivity contribution in [3.8, 4) is 11.3 Å². The van der Waals surface area contributed by atoms with Crippen LogP contribution in [0.3, 0.4) is 0 Å². The summed E-state index contributed by atoms with van der Waals surface area (Å²) in [7, 11) is 2.00. The maximum Gasteiger partial charge on any atom is 0.236 e. The molecule has 0 aliphatic carbocycles. The molecule has 0 unspecified atom stereocenters. The van der Waals surface area contributed by atoms with Gasteiger partial charge in [-0.1, -0.05) is 45.9 Å². The van der Waals surface area contributed by atoms with Crippen molar-refractivity contribution >= 4 is 50.1 Å². The van der Waals surface area contributed by atoms with Crippen LogP contribution in [-0.4, -0.2) is 36.0 Å². The fourth-order valence-corrected chi connectivity index (χ4v) is 4.85. The summed E-state index contributed by atoms with van der Waals surface area (Å²) in [5, 5.41) is 14.7. The van der Waals surface area contributed by atoms with Crippen LogP contribution in [0, 0.1) is 0 Å². The van der Waals surface area contributed by atoms with E-state index in [0.29, 0.717) is 23.3 Å².